The van der Waals surface area contributed by atoms with Crippen LogP contribution in [0.2, 0.25) is 0 Å². The average molecular weight is 490 g/mol. The standard InChI is InChI=1S/C24H25F6O2P/c1-7-33(20(31)18-13(2)11-15(12-14(18)3)22(4,5)6)21(32)19-16(23(25,26)27)9-8-10-17(19)24(28,29)30/h8-12H,7H2,1-6H3. The summed E-state index contributed by atoms with van der Waals surface area (Å²) >= 11 is 0. The maximum atomic E-state index is 13.6. The van der Waals surface area contributed by atoms with Crippen LogP contribution in [-0.2, 0) is 17.8 Å². The molecular formula is C24H25F6O2P. The Morgan fingerprint density at radius 2 is 1.18 bits per heavy atom. The predicted molar refractivity (Wildman–Crippen MR) is 117 cm³/mol. The highest BCUT2D eigenvalue weighted by molar-refractivity contribution is 7.90. The zero-order valence-electron chi connectivity index (χ0n) is 19.1. The molecule has 9 heteroatoms. The van der Waals surface area contributed by atoms with E-state index in [1.54, 1.807) is 26.0 Å². The van der Waals surface area contributed by atoms with Crippen molar-refractivity contribution in [2.24, 2.45) is 0 Å². The van der Waals surface area contributed by atoms with Crippen molar-refractivity contribution in [1.82, 2.24) is 0 Å². The molecule has 0 aliphatic heterocycles. The molecule has 0 spiro atoms. The third-order valence-corrected chi connectivity index (χ3v) is 7.37. The Labute approximate surface area is 190 Å². The highest BCUT2D eigenvalue weighted by Gasteiger charge is 2.45. The molecule has 2 nitrogen and oxygen atoms in total. The van der Waals surface area contributed by atoms with Crippen molar-refractivity contribution in [2.45, 2.75) is 59.3 Å². The lowest BCUT2D eigenvalue weighted by molar-refractivity contribution is -0.143. The third-order valence-electron chi connectivity index (χ3n) is 5.31. The first-order chi connectivity index (χ1) is 14.9. The Kier molecular flexibility index (Phi) is 7.54. The van der Waals surface area contributed by atoms with Gasteiger partial charge in [-0.05, 0) is 54.2 Å². The summed E-state index contributed by atoms with van der Waals surface area (Å²) in [6, 6.07) is 5.00. The minimum Gasteiger partial charge on any atom is -0.289 e. The molecule has 2 aromatic rings. The van der Waals surface area contributed by atoms with Crippen LogP contribution in [0.25, 0.3) is 0 Å². The fourth-order valence-corrected chi connectivity index (χ4v) is 5.53. The highest BCUT2D eigenvalue weighted by atomic mass is 31.1. The van der Waals surface area contributed by atoms with Crippen LogP contribution in [0.15, 0.2) is 30.3 Å². The number of aryl methyl sites for hydroxylation is 2. The van der Waals surface area contributed by atoms with Crippen molar-refractivity contribution in [3.05, 3.63) is 69.3 Å². The molecule has 33 heavy (non-hydrogen) atoms. The van der Waals surface area contributed by atoms with Crippen LogP contribution in [-0.4, -0.2) is 17.2 Å². The molecule has 2 rings (SSSR count). The summed E-state index contributed by atoms with van der Waals surface area (Å²) in [5, 5.41) is 0. The van der Waals surface area contributed by atoms with E-state index in [1.165, 1.54) is 6.92 Å². The van der Waals surface area contributed by atoms with Gasteiger partial charge in [-0.25, -0.2) is 0 Å². The molecule has 2 aromatic carbocycles. The van der Waals surface area contributed by atoms with Gasteiger partial charge in [0.25, 0.3) is 0 Å². The molecule has 0 radical (unpaired) electrons. The van der Waals surface area contributed by atoms with Crippen LogP contribution < -0.4 is 0 Å². The molecule has 180 valence electrons. The molecular weight excluding hydrogens is 465 g/mol. The van der Waals surface area contributed by atoms with Gasteiger partial charge in [-0.15, -0.1) is 0 Å². The Morgan fingerprint density at radius 1 is 0.788 bits per heavy atom. The SMILES string of the molecule is CCP(C(=O)c1c(C)cc(C(C)(C)C)cc1C)C(=O)c1c(C(F)(F)F)cccc1C(F)(F)F. The molecule has 0 fully saturated rings. The summed E-state index contributed by atoms with van der Waals surface area (Å²) in [6.45, 7) is 10.6. The van der Waals surface area contributed by atoms with Gasteiger partial charge in [-0.3, -0.25) is 9.59 Å². The summed E-state index contributed by atoms with van der Waals surface area (Å²) in [6.07, 6.45) is -10.6. The number of alkyl halides is 6. The second kappa shape index (κ2) is 9.21. The van der Waals surface area contributed by atoms with Crippen molar-refractivity contribution in [2.75, 3.05) is 6.16 Å². The van der Waals surface area contributed by atoms with Crippen LogP contribution in [0.4, 0.5) is 26.3 Å². The second-order valence-electron chi connectivity index (χ2n) is 8.81. The minimum atomic E-state index is -5.19. The molecule has 0 aliphatic carbocycles. The van der Waals surface area contributed by atoms with Crippen molar-refractivity contribution in [3.8, 4) is 0 Å². The van der Waals surface area contributed by atoms with E-state index in [0.29, 0.717) is 29.3 Å². The highest BCUT2D eigenvalue weighted by Crippen LogP contribution is 2.49. The van der Waals surface area contributed by atoms with Gasteiger partial charge in [0.2, 0.25) is 0 Å². The van der Waals surface area contributed by atoms with E-state index in [0.717, 1.165) is 5.56 Å². The van der Waals surface area contributed by atoms with Crippen molar-refractivity contribution < 1.29 is 35.9 Å². The number of carbonyl (C=O) groups excluding carboxylic acids is 2. The summed E-state index contributed by atoms with van der Waals surface area (Å²) < 4.78 is 81.3. The molecule has 0 bridgehead atoms. The summed E-state index contributed by atoms with van der Waals surface area (Å²) in [5.74, 6) is 0. The Bertz CT molecular complexity index is 1020. The molecule has 0 saturated carbocycles. The summed E-state index contributed by atoms with van der Waals surface area (Å²) in [5.41, 5.74) is -5.10. The van der Waals surface area contributed by atoms with Crippen LogP contribution in [0.3, 0.4) is 0 Å². The van der Waals surface area contributed by atoms with E-state index in [-0.39, 0.29) is 17.1 Å². The fraction of sp³-hybridized carbons (Fsp3) is 0.417. The Balaban J connectivity index is 2.69. The fourth-order valence-electron chi connectivity index (χ4n) is 3.64. The second-order valence-corrected chi connectivity index (χ2v) is 11.1. The monoisotopic (exact) mass is 490 g/mol. The number of hydrogen-bond acceptors (Lipinski definition) is 2. The van der Waals surface area contributed by atoms with Crippen LogP contribution in [0.5, 0.6) is 0 Å². The number of halogens is 6. The Hall–Kier alpha value is -2.21. The van der Waals surface area contributed by atoms with Crippen molar-refractivity contribution in [3.63, 3.8) is 0 Å². The van der Waals surface area contributed by atoms with E-state index < -0.39 is 48.0 Å². The first kappa shape index (κ1) is 27.0. The van der Waals surface area contributed by atoms with Crippen LogP contribution >= 0.6 is 7.92 Å². The van der Waals surface area contributed by atoms with Crippen LogP contribution in [0.1, 0.15) is 76.2 Å². The number of carbonyl (C=O) groups is 2. The molecule has 1 unspecified atom stereocenters. The molecule has 0 amide bonds. The lowest BCUT2D eigenvalue weighted by atomic mass is 9.84. The molecule has 0 saturated heterocycles. The van der Waals surface area contributed by atoms with Gasteiger partial charge in [-0.1, -0.05) is 45.9 Å². The molecule has 0 aliphatic rings. The largest absolute Gasteiger partial charge is 0.417 e. The van der Waals surface area contributed by atoms with E-state index in [1.807, 2.05) is 20.8 Å². The number of rotatable bonds is 5. The van der Waals surface area contributed by atoms with Crippen molar-refractivity contribution in [1.29, 1.82) is 0 Å². The zero-order valence-corrected chi connectivity index (χ0v) is 20.0. The van der Waals surface area contributed by atoms with Crippen LogP contribution in [0, 0.1) is 13.8 Å². The molecule has 1 atom stereocenters. The van der Waals surface area contributed by atoms with Gasteiger partial charge < -0.3 is 0 Å². The van der Waals surface area contributed by atoms with Crippen molar-refractivity contribution >= 4 is 19.0 Å². The molecule has 0 heterocycles. The summed E-state index contributed by atoms with van der Waals surface area (Å²) in [7, 11) is -2.51. The minimum absolute atomic E-state index is 0.169. The van der Waals surface area contributed by atoms with Gasteiger partial charge >= 0.3 is 12.4 Å². The normalized spacial score (nSPS) is 13.7. The maximum Gasteiger partial charge on any atom is 0.417 e. The lowest BCUT2D eigenvalue weighted by Gasteiger charge is -2.24. The third kappa shape index (κ3) is 5.65. The number of hydrogen-bond donors (Lipinski definition) is 0. The molecule has 0 aromatic heterocycles. The molecule has 0 N–H and O–H groups in total. The zero-order chi connectivity index (χ0) is 25.5. The first-order valence-corrected chi connectivity index (χ1v) is 11.7. The van der Waals surface area contributed by atoms with Gasteiger partial charge in [0, 0.05) is 19.0 Å². The van der Waals surface area contributed by atoms with Gasteiger partial charge in [-0.2, -0.15) is 26.3 Å². The van der Waals surface area contributed by atoms with E-state index in [2.05, 4.69) is 0 Å². The first-order valence-electron chi connectivity index (χ1n) is 10.2. The van der Waals surface area contributed by atoms with E-state index in [9.17, 15) is 35.9 Å². The predicted octanol–water partition coefficient (Wildman–Crippen LogP) is 8.12. The van der Waals surface area contributed by atoms with E-state index >= 15 is 0 Å². The van der Waals surface area contributed by atoms with Gasteiger partial charge in [0.05, 0.1) is 11.1 Å². The summed E-state index contributed by atoms with van der Waals surface area (Å²) in [4.78, 5) is 26.5. The topological polar surface area (TPSA) is 34.1 Å². The number of benzene rings is 2. The average Bonchev–Trinajstić information content (AvgIpc) is 2.65. The van der Waals surface area contributed by atoms with Gasteiger partial charge in [0.15, 0.2) is 11.0 Å². The maximum absolute atomic E-state index is 13.6. The van der Waals surface area contributed by atoms with Gasteiger partial charge in [0.1, 0.15) is 0 Å². The lowest BCUT2D eigenvalue weighted by Crippen LogP contribution is -2.21. The quantitative estimate of drug-likeness (QED) is 0.313. The van der Waals surface area contributed by atoms with E-state index in [4.69, 9.17) is 0 Å². The Morgan fingerprint density at radius 3 is 1.52 bits per heavy atom. The smallest absolute Gasteiger partial charge is 0.289 e.